The van der Waals surface area contributed by atoms with E-state index in [1.54, 1.807) is 17.1 Å². The number of carbonyl (C=O) groups is 1. The molecule has 0 unspecified atom stereocenters. The van der Waals surface area contributed by atoms with Crippen LogP contribution in [-0.2, 0) is 0 Å². The monoisotopic (exact) mass is 244 g/mol. The van der Waals surface area contributed by atoms with Crippen molar-refractivity contribution in [1.29, 1.82) is 0 Å². The predicted molar refractivity (Wildman–Crippen MR) is 76.9 cm³/mol. The topological polar surface area (TPSA) is 32.3 Å². The second-order valence-electron chi connectivity index (χ2n) is 4.23. The Morgan fingerprint density at radius 1 is 1.28 bits per heavy atom. The Bertz CT molecular complexity index is 442. The summed E-state index contributed by atoms with van der Waals surface area (Å²) in [5, 5.41) is 2.90. The van der Waals surface area contributed by atoms with E-state index in [1.807, 2.05) is 32.0 Å². The van der Waals surface area contributed by atoms with Gasteiger partial charge in [0.05, 0.1) is 0 Å². The number of aryl methyl sites for hydroxylation is 2. The SMILES string of the molecule is C=CCN(CC=C)C(=O)Nc1ccc(C)cc1C. The van der Waals surface area contributed by atoms with Crippen molar-refractivity contribution < 1.29 is 4.79 Å². The first-order chi connectivity index (χ1) is 8.58. The number of carbonyl (C=O) groups excluding carboxylic acids is 1. The molecule has 3 nitrogen and oxygen atoms in total. The van der Waals surface area contributed by atoms with Crippen molar-refractivity contribution in [3.8, 4) is 0 Å². The fourth-order valence-electron chi connectivity index (χ4n) is 1.70. The van der Waals surface area contributed by atoms with Gasteiger partial charge >= 0.3 is 6.03 Å². The van der Waals surface area contributed by atoms with Crippen molar-refractivity contribution in [3.05, 3.63) is 54.6 Å². The lowest BCUT2D eigenvalue weighted by Gasteiger charge is -2.20. The number of nitrogens with zero attached hydrogens (tertiary/aromatic N) is 1. The van der Waals surface area contributed by atoms with Crippen LogP contribution in [0.25, 0.3) is 0 Å². The third-order valence-corrected chi connectivity index (χ3v) is 2.61. The Morgan fingerprint density at radius 2 is 1.89 bits per heavy atom. The Balaban J connectivity index is 2.78. The molecule has 18 heavy (non-hydrogen) atoms. The van der Waals surface area contributed by atoms with E-state index >= 15 is 0 Å². The number of hydrogen-bond donors (Lipinski definition) is 1. The van der Waals surface area contributed by atoms with Crippen LogP contribution in [0.1, 0.15) is 11.1 Å². The van der Waals surface area contributed by atoms with E-state index in [0.29, 0.717) is 13.1 Å². The lowest BCUT2D eigenvalue weighted by Crippen LogP contribution is -2.35. The smallest absolute Gasteiger partial charge is 0.317 e. The summed E-state index contributed by atoms with van der Waals surface area (Å²) in [5.74, 6) is 0. The van der Waals surface area contributed by atoms with E-state index in [9.17, 15) is 4.79 Å². The summed E-state index contributed by atoms with van der Waals surface area (Å²) in [6, 6.07) is 5.80. The van der Waals surface area contributed by atoms with Gasteiger partial charge in [0, 0.05) is 18.8 Å². The lowest BCUT2D eigenvalue weighted by molar-refractivity contribution is 0.222. The van der Waals surface area contributed by atoms with Crippen LogP contribution >= 0.6 is 0 Å². The Morgan fingerprint density at radius 3 is 2.39 bits per heavy atom. The first-order valence-corrected chi connectivity index (χ1v) is 5.93. The largest absolute Gasteiger partial charge is 0.322 e. The van der Waals surface area contributed by atoms with E-state index in [4.69, 9.17) is 0 Å². The molecule has 0 saturated carbocycles. The molecule has 0 aliphatic heterocycles. The van der Waals surface area contributed by atoms with E-state index in [-0.39, 0.29) is 6.03 Å². The highest BCUT2D eigenvalue weighted by Crippen LogP contribution is 2.16. The van der Waals surface area contributed by atoms with Gasteiger partial charge in [-0.2, -0.15) is 0 Å². The molecular weight excluding hydrogens is 224 g/mol. The molecule has 0 radical (unpaired) electrons. The normalized spacial score (nSPS) is 9.67. The summed E-state index contributed by atoms with van der Waals surface area (Å²) < 4.78 is 0. The molecule has 2 amide bonds. The molecule has 0 aliphatic carbocycles. The van der Waals surface area contributed by atoms with Crippen LogP contribution in [-0.4, -0.2) is 24.0 Å². The maximum Gasteiger partial charge on any atom is 0.322 e. The van der Waals surface area contributed by atoms with Crippen LogP contribution in [0.4, 0.5) is 10.5 Å². The second kappa shape index (κ2) is 6.64. The van der Waals surface area contributed by atoms with Gasteiger partial charge in [0.15, 0.2) is 0 Å². The van der Waals surface area contributed by atoms with Crippen LogP contribution < -0.4 is 5.32 Å². The van der Waals surface area contributed by atoms with Crippen molar-refractivity contribution in [2.24, 2.45) is 0 Å². The lowest BCUT2D eigenvalue weighted by atomic mass is 10.1. The number of anilines is 1. The number of nitrogens with one attached hydrogen (secondary N) is 1. The van der Waals surface area contributed by atoms with Gasteiger partial charge in [-0.1, -0.05) is 29.8 Å². The van der Waals surface area contributed by atoms with Gasteiger partial charge in [0.1, 0.15) is 0 Å². The molecule has 1 N–H and O–H groups in total. The zero-order chi connectivity index (χ0) is 13.5. The summed E-state index contributed by atoms with van der Waals surface area (Å²) in [4.78, 5) is 13.7. The Labute approximate surface area is 109 Å². The number of benzene rings is 1. The molecule has 0 fully saturated rings. The van der Waals surface area contributed by atoms with E-state index < -0.39 is 0 Å². The molecule has 0 heterocycles. The third-order valence-electron chi connectivity index (χ3n) is 2.61. The van der Waals surface area contributed by atoms with Gasteiger partial charge in [-0.3, -0.25) is 0 Å². The van der Waals surface area contributed by atoms with Crippen LogP contribution in [0.2, 0.25) is 0 Å². The first kappa shape index (κ1) is 14.0. The minimum atomic E-state index is -0.137. The quantitative estimate of drug-likeness (QED) is 0.790. The second-order valence-corrected chi connectivity index (χ2v) is 4.23. The first-order valence-electron chi connectivity index (χ1n) is 5.93. The average molecular weight is 244 g/mol. The molecular formula is C15H20N2O. The number of rotatable bonds is 5. The standard InChI is InChI=1S/C15H20N2O/c1-5-9-17(10-6-2)15(18)16-14-8-7-12(3)11-13(14)4/h5-8,11H,1-2,9-10H2,3-4H3,(H,16,18). The highest BCUT2D eigenvalue weighted by Gasteiger charge is 2.11. The highest BCUT2D eigenvalue weighted by atomic mass is 16.2. The van der Waals surface area contributed by atoms with Gasteiger partial charge in [0.25, 0.3) is 0 Å². The van der Waals surface area contributed by atoms with Crippen molar-refractivity contribution >= 4 is 11.7 Å². The molecule has 3 heteroatoms. The minimum Gasteiger partial charge on any atom is -0.317 e. The Kier molecular flexibility index (Phi) is 5.18. The van der Waals surface area contributed by atoms with Crippen LogP contribution in [0.5, 0.6) is 0 Å². The van der Waals surface area contributed by atoms with Gasteiger partial charge < -0.3 is 10.2 Å². The molecule has 1 aromatic rings. The minimum absolute atomic E-state index is 0.137. The number of hydrogen-bond acceptors (Lipinski definition) is 1. The summed E-state index contributed by atoms with van der Waals surface area (Å²) in [5.41, 5.74) is 3.07. The fourth-order valence-corrected chi connectivity index (χ4v) is 1.70. The molecule has 1 rings (SSSR count). The van der Waals surface area contributed by atoms with Crippen molar-refractivity contribution in [2.75, 3.05) is 18.4 Å². The Hall–Kier alpha value is -2.03. The molecule has 0 aromatic heterocycles. The maximum absolute atomic E-state index is 12.0. The average Bonchev–Trinajstić information content (AvgIpc) is 2.32. The molecule has 0 atom stereocenters. The zero-order valence-electron chi connectivity index (χ0n) is 11.1. The molecule has 0 saturated heterocycles. The van der Waals surface area contributed by atoms with Crippen molar-refractivity contribution in [1.82, 2.24) is 4.90 Å². The summed E-state index contributed by atoms with van der Waals surface area (Å²) in [6.07, 6.45) is 3.40. The molecule has 0 aliphatic rings. The van der Waals surface area contributed by atoms with Gasteiger partial charge in [-0.25, -0.2) is 4.79 Å². The predicted octanol–water partition coefficient (Wildman–Crippen LogP) is 3.51. The maximum atomic E-state index is 12.0. The molecule has 0 spiro atoms. The van der Waals surface area contributed by atoms with Gasteiger partial charge in [-0.05, 0) is 25.5 Å². The summed E-state index contributed by atoms with van der Waals surface area (Å²) in [6.45, 7) is 12.3. The van der Waals surface area contributed by atoms with Crippen LogP contribution in [0.15, 0.2) is 43.5 Å². The fraction of sp³-hybridized carbons (Fsp3) is 0.267. The van der Waals surface area contributed by atoms with E-state index in [0.717, 1.165) is 11.3 Å². The van der Waals surface area contributed by atoms with E-state index in [1.165, 1.54) is 5.56 Å². The van der Waals surface area contributed by atoms with Crippen molar-refractivity contribution in [3.63, 3.8) is 0 Å². The van der Waals surface area contributed by atoms with Gasteiger partial charge in [0.2, 0.25) is 0 Å². The summed E-state index contributed by atoms with van der Waals surface area (Å²) >= 11 is 0. The highest BCUT2D eigenvalue weighted by molar-refractivity contribution is 5.90. The molecule has 1 aromatic carbocycles. The number of urea groups is 1. The van der Waals surface area contributed by atoms with E-state index in [2.05, 4.69) is 18.5 Å². The van der Waals surface area contributed by atoms with Crippen molar-refractivity contribution in [2.45, 2.75) is 13.8 Å². The third kappa shape index (κ3) is 3.77. The van der Waals surface area contributed by atoms with Crippen LogP contribution in [0.3, 0.4) is 0 Å². The number of amides is 2. The van der Waals surface area contributed by atoms with Gasteiger partial charge in [-0.15, -0.1) is 13.2 Å². The molecule has 96 valence electrons. The molecule has 0 bridgehead atoms. The zero-order valence-corrected chi connectivity index (χ0v) is 11.1. The van der Waals surface area contributed by atoms with Crippen LogP contribution in [0, 0.1) is 13.8 Å². The summed E-state index contributed by atoms with van der Waals surface area (Å²) in [7, 11) is 0.